The summed E-state index contributed by atoms with van der Waals surface area (Å²) in [7, 11) is 0. The third-order valence-corrected chi connectivity index (χ3v) is 4.87. The third kappa shape index (κ3) is 4.06. The van der Waals surface area contributed by atoms with Gasteiger partial charge in [0.15, 0.2) is 0 Å². The van der Waals surface area contributed by atoms with Crippen molar-refractivity contribution in [2.24, 2.45) is 0 Å². The van der Waals surface area contributed by atoms with E-state index in [9.17, 15) is 4.79 Å². The van der Waals surface area contributed by atoms with Crippen LogP contribution in [0.25, 0.3) is 0 Å². The number of carboxylic acid groups (broad SMARTS) is 1. The number of thiophene rings is 1. The lowest BCUT2D eigenvalue weighted by molar-refractivity contribution is 0.0697. The number of carboxylic acids is 1. The molecule has 6 heteroatoms. The second kappa shape index (κ2) is 6.54. The molecular weight excluding hydrogens is 394 g/mol. The van der Waals surface area contributed by atoms with E-state index in [0.29, 0.717) is 0 Å². The lowest BCUT2D eigenvalue weighted by Gasteiger charge is -2.08. The first-order chi connectivity index (χ1) is 9.06. The smallest absolute Gasteiger partial charge is 0.335 e. The van der Waals surface area contributed by atoms with Gasteiger partial charge in [0.25, 0.3) is 0 Å². The summed E-state index contributed by atoms with van der Waals surface area (Å²) in [5.74, 6) is -0.921. The molecule has 2 rings (SSSR count). The molecule has 2 N–H and O–H groups in total. The maximum atomic E-state index is 10.8. The molecule has 1 aromatic carbocycles. The van der Waals surface area contributed by atoms with Crippen LogP contribution in [-0.2, 0) is 6.42 Å². The van der Waals surface area contributed by atoms with Gasteiger partial charge < -0.3 is 10.4 Å². The first kappa shape index (κ1) is 14.6. The number of rotatable bonds is 5. The van der Waals surface area contributed by atoms with Gasteiger partial charge in [-0.25, -0.2) is 4.79 Å². The molecule has 1 aromatic heterocycles. The SMILES string of the molecule is O=C(O)c1ccc(NCCc2ccc(Br)s2)c(Br)c1. The molecule has 0 amide bonds. The van der Waals surface area contributed by atoms with E-state index in [0.717, 1.165) is 26.9 Å². The van der Waals surface area contributed by atoms with Crippen LogP contribution in [0, 0.1) is 0 Å². The van der Waals surface area contributed by atoms with Gasteiger partial charge >= 0.3 is 5.97 Å². The van der Waals surface area contributed by atoms with E-state index < -0.39 is 5.97 Å². The molecule has 0 atom stereocenters. The van der Waals surface area contributed by atoms with Gasteiger partial charge in [-0.2, -0.15) is 0 Å². The Morgan fingerprint density at radius 1 is 1.26 bits per heavy atom. The van der Waals surface area contributed by atoms with Crippen LogP contribution in [0.1, 0.15) is 15.2 Å². The highest BCUT2D eigenvalue weighted by atomic mass is 79.9. The summed E-state index contributed by atoms with van der Waals surface area (Å²) >= 11 is 8.53. The molecule has 2 aromatic rings. The highest BCUT2D eigenvalue weighted by Gasteiger charge is 2.06. The van der Waals surface area contributed by atoms with Gasteiger partial charge in [0.1, 0.15) is 0 Å². The van der Waals surface area contributed by atoms with Crippen molar-refractivity contribution in [1.29, 1.82) is 0 Å². The molecule has 0 unspecified atom stereocenters. The van der Waals surface area contributed by atoms with Gasteiger partial charge in [0.05, 0.1) is 9.35 Å². The standard InChI is InChI=1S/C13H11Br2NO2S/c14-10-7-8(13(17)18)1-3-11(10)16-6-5-9-2-4-12(15)19-9/h1-4,7,16H,5-6H2,(H,17,18). The summed E-state index contributed by atoms with van der Waals surface area (Å²) in [6.45, 7) is 0.804. The summed E-state index contributed by atoms with van der Waals surface area (Å²) in [6, 6.07) is 9.11. The molecule has 3 nitrogen and oxygen atoms in total. The van der Waals surface area contributed by atoms with Crippen molar-refractivity contribution >= 4 is 54.9 Å². The summed E-state index contributed by atoms with van der Waals surface area (Å²) in [5.41, 5.74) is 1.18. The minimum atomic E-state index is -0.921. The summed E-state index contributed by atoms with van der Waals surface area (Å²) in [6.07, 6.45) is 0.934. The lowest BCUT2D eigenvalue weighted by atomic mass is 10.2. The van der Waals surface area contributed by atoms with E-state index in [2.05, 4.69) is 43.2 Å². The zero-order valence-corrected chi connectivity index (χ0v) is 13.8. The fraction of sp³-hybridized carbons (Fsp3) is 0.154. The number of benzene rings is 1. The third-order valence-electron chi connectivity index (χ3n) is 2.53. The van der Waals surface area contributed by atoms with Crippen molar-refractivity contribution in [3.63, 3.8) is 0 Å². The number of hydrogen-bond acceptors (Lipinski definition) is 3. The monoisotopic (exact) mass is 403 g/mol. The second-order valence-electron chi connectivity index (χ2n) is 3.88. The average Bonchev–Trinajstić information content (AvgIpc) is 2.77. The highest BCUT2D eigenvalue weighted by Crippen LogP contribution is 2.25. The van der Waals surface area contributed by atoms with E-state index in [1.165, 1.54) is 4.88 Å². The molecule has 0 aliphatic rings. The van der Waals surface area contributed by atoms with Gasteiger partial charge in [-0.05, 0) is 68.6 Å². The topological polar surface area (TPSA) is 49.3 Å². The fourth-order valence-corrected chi connectivity index (χ4v) is 3.60. The Bertz CT molecular complexity index is 598. The van der Waals surface area contributed by atoms with E-state index >= 15 is 0 Å². The normalized spacial score (nSPS) is 10.4. The van der Waals surface area contributed by atoms with Gasteiger partial charge in [0.2, 0.25) is 0 Å². The molecule has 19 heavy (non-hydrogen) atoms. The van der Waals surface area contributed by atoms with E-state index in [-0.39, 0.29) is 5.56 Å². The molecule has 0 fully saturated rings. The predicted octanol–water partition coefficient (Wildman–Crippen LogP) is 4.63. The number of nitrogens with one attached hydrogen (secondary N) is 1. The fourth-order valence-electron chi connectivity index (χ4n) is 1.60. The summed E-state index contributed by atoms with van der Waals surface area (Å²) in [4.78, 5) is 12.1. The van der Waals surface area contributed by atoms with Crippen LogP contribution in [-0.4, -0.2) is 17.6 Å². The van der Waals surface area contributed by atoms with Crippen molar-refractivity contribution in [1.82, 2.24) is 0 Å². The Hall–Kier alpha value is -0.850. The van der Waals surface area contributed by atoms with Crippen LogP contribution in [0.4, 0.5) is 5.69 Å². The maximum absolute atomic E-state index is 10.8. The molecule has 0 aliphatic heterocycles. The number of hydrogen-bond donors (Lipinski definition) is 2. The van der Waals surface area contributed by atoms with Crippen molar-refractivity contribution in [2.45, 2.75) is 6.42 Å². The molecule has 1 heterocycles. The van der Waals surface area contributed by atoms with Crippen LogP contribution in [0.5, 0.6) is 0 Å². The van der Waals surface area contributed by atoms with Crippen LogP contribution in [0.2, 0.25) is 0 Å². The van der Waals surface area contributed by atoms with Crippen molar-refractivity contribution in [2.75, 3.05) is 11.9 Å². The number of aromatic carboxylic acids is 1. The summed E-state index contributed by atoms with van der Waals surface area (Å²) in [5, 5.41) is 12.2. The first-order valence-electron chi connectivity index (χ1n) is 5.57. The Morgan fingerprint density at radius 2 is 2.05 bits per heavy atom. The molecule has 0 radical (unpaired) electrons. The maximum Gasteiger partial charge on any atom is 0.335 e. The van der Waals surface area contributed by atoms with Crippen LogP contribution in [0.15, 0.2) is 38.6 Å². The molecule has 0 bridgehead atoms. The number of halogens is 2. The second-order valence-corrected chi connectivity index (χ2v) is 7.28. The molecule has 0 saturated heterocycles. The molecular formula is C13H11Br2NO2S. The van der Waals surface area contributed by atoms with E-state index in [1.807, 2.05) is 6.07 Å². The van der Waals surface area contributed by atoms with Crippen molar-refractivity contribution in [3.05, 3.63) is 49.0 Å². The average molecular weight is 405 g/mol. The number of carbonyl (C=O) groups is 1. The first-order valence-corrected chi connectivity index (χ1v) is 7.97. The molecule has 0 spiro atoms. The van der Waals surface area contributed by atoms with Crippen LogP contribution >= 0.6 is 43.2 Å². The Morgan fingerprint density at radius 3 is 2.63 bits per heavy atom. The van der Waals surface area contributed by atoms with Gasteiger partial charge in [-0.1, -0.05) is 0 Å². The zero-order chi connectivity index (χ0) is 13.8. The largest absolute Gasteiger partial charge is 0.478 e. The minimum absolute atomic E-state index is 0.277. The van der Waals surface area contributed by atoms with Crippen LogP contribution in [0.3, 0.4) is 0 Å². The van der Waals surface area contributed by atoms with Gasteiger partial charge in [-0.15, -0.1) is 11.3 Å². The van der Waals surface area contributed by atoms with E-state index in [4.69, 9.17) is 5.11 Å². The number of anilines is 1. The van der Waals surface area contributed by atoms with Crippen molar-refractivity contribution in [3.8, 4) is 0 Å². The molecule has 0 saturated carbocycles. The molecule has 0 aliphatic carbocycles. The van der Waals surface area contributed by atoms with Gasteiger partial charge in [-0.3, -0.25) is 0 Å². The summed E-state index contributed by atoms with van der Waals surface area (Å²) < 4.78 is 1.90. The highest BCUT2D eigenvalue weighted by molar-refractivity contribution is 9.11. The van der Waals surface area contributed by atoms with E-state index in [1.54, 1.807) is 29.5 Å². The van der Waals surface area contributed by atoms with Gasteiger partial charge in [0, 0.05) is 21.6 Å². The zero-order valence-electron chi connectivity index (χ0n) is 9.82. The lowest BCUT2D eigenvalue weighted by Crippen LogP contribution is -2.05. The quantitative estimate of drug-likeness (QED) is 0.763. The Labute approximate surface area is 131 Å². The Kier molecular flexibility index (Phi) is 5.01. The van der Waals surface area contributed by atoms with Crippen LogP contribution < -0.4 is 5.32 Å². The predicted molar refractivity (Wildman–Crippen MR) is 85.3 cm³/mol. The Balaban J connectivity index is 1.94. The molecule has 100 valence electrons. The van der Waals surface area contributed by atoms with Crippen molar-refractivity contribution < 1.29 is 9.90 Å². The minimum Gasteiger partial charge on any atom is -0.478 e.